The van der Waals surface area contributed by atoms with Crippen LogP contribution in [0.25, 0.3) is 0 Å². The van der Waals surface area contributed by atoms with Crippen molar-refractivity contribution in [2.24, 2.45) is 4.99 Å². The molecule has 0 aromatic heterocycles. The molecule has 0 aromatic carbocycles. The Bertz CT molecular complexity index is 390. The number of ether oxygens (including phenoxy) is 2. The average molecular weight is 310 g/mol. The average Bonchev–Trinajstić information content (AvgIpc) is 3.12. The minimum absolute atomic E-state index is 0.383. The molecule has 0 spiro atoms. The molecule has 0 amide bonds. The lowest BCUT2D eigenvalue weighted by molar-refractivity contribution is 0.00141. The summed E-state index contributed by atoms with van der Waals surface area (Å²) in [6.45, 7) is 9.73. The normalized spacial score (nSPS) is 35.8. The first-order valence-corrected chi connectivity index (χ1v) is 8.78. The Morgan fingerprint density at radius 2 is 2.27 bits per heavy atom. The van der Waals surface area contributed by atoms with Gasteiger partial charge in [0.15, 0.2) is 5.96 Å². The molecule has 3 fully saturated rings. The van der Waals surface area contributed by atoms with E-state index >= 15 is 0 Å². The molecule has 6 heteroatoms. The van der Waals surface area contributed by atoms with Crippen molar-refractivity contribution in [3.63, 3.8) is 0 Å². The molecule has 3 aliphatic rings. The molecule has 0 aliphatic carbocycles. The van der Waals surface area contributed by atoms with Gasteiger partial charge in [0.25, 0.3) is 0 Å². The van der Waals surface area contributed by atoms with Gasteiger partial charge in [-0.2, -0.15) is 0 Å². The minimum atomic E-state index is 0.383. The molecule has 3 heterocycles. The van der Waals surface area contributed by atoms with Gasteiger partial charge < -0.3 is 20.1 Å². The van der Waals surface area contributed by atoms with E-state index in [1.807, 2.05) is 0 Å². The maximum atomic E-state index is 5.91. The summed E-state index contributed by atoms with van der Waals surface area (Å²) in [7, 11) is 0. The first-order valence-electron chi connectivity index (χ1n) is 8.78. The van der Waals surface area contributed by atoms with Crippen molar-refractivity contribution in [2.75, 3.05) is 39.4 Å². The van der Waals surface area contributed by atoms with E-state index in [2.05, 4.69) is 29.4 Å². The Morgan fingerprint density at radius 1 is 1.36 bits per heavy atom. The number of hydrogen-bond donors (Lipinski definition) is 2. The number of rotatable bonds is 5. The Morgan fingerprint density at radius 3 is 2.95 bits per heavy atom. The maximum absolute atomic E-state index is 5.91. The smallest absolute Gasteiger partial charge is 0.191 e. The molecule has 4 atom stereocenters. The number of hydrogen-bond acceptors (Lipinski definition) is 4. The molecule has 0 saturated carbocycles. The maximum Gasteiger partial charge on any atom is 0.191 e. The zero-order valence-corrected chi connectivity index (χ0v) is 13.9. The van der Waals surface area contributed by atoms with Gasteiger partial charge in [0.05, 0.1) is 38.0 Å². The van der Waals surface area contributed by atoms with Crippen LogP contribution >= 0.6 is 0 Å². The first kappa shape index (κ1) is 16.0. The number of morpholine rings is 1. The lowest BCUT2D eigenvalue weighted by atomic mass is 9.96. The number of nitrogens with one attached hydrogen (secondary N) is 2. The topological polar surface area (TPSA) is 58.1 Å². The summed E-state index contributed by atoms with van der Waals surface area (Å²) in [5.41, 5.74) is 0. The van der Waals surface area contributed by atoms with Gasteiger partial charge in [-0.3, -0.25) is 9.89 Å². The second-order valence-corrected chi connectivity index (χ2v) is 6.58. The van der Waals surface area contributed by atoms with E-state index in [1.165, 1.54) is 12.8 Å². The van der Waals surface area contributed by atoms with Crippen molar-refractivity contribution in [1.29, 1.82) is 0 Å². The Kier molecular flexibility index (Phi) is 5.55. The summed E-state index contributed by atoms with van der Waals surface area (Å²) in [6, 6.07) is 0.928. The fraction of sp³-hybridized carbons (Fsp3) is 0.938. The third kappa shape index (κ3) is 3.91. The van der Waals surface area contributed by atoms with Crippen LogP contribution in [0.15, 0.2) is 4.99 Å². The first-order chi connectivity index (χ1) is 10.8. The Hall–Kier alpha value is -0.850. The van der Waals surface area contributed by atoms with Crippen LogP contribution in [0.2, 0.25) is 0 Å². The zero-order valence-electron chi connectivity index (χ0n) is 13.9. The van der Waals surface area contributed by atoms with Gasteiger partial charge in [0, 0.05) is 25.7 Å². The van der Waals surface area contributed by atoms with Crippen LogP contribution in [-0.2, 0) is 9.47 Å². The van der Waals surface area contributed by atoms with E-state index in [1.54, 1.807) is 0 Å². The second kappa shape index (κ2) is 7.62. The van der Waals surface area contributed by atoms with Crippen LogP contribution in [0, 0.1) is 0 Å². The molecule has 0 aromatic rings. The summed E-state index contributed by atoms with van der Waals surface area (Å²) >= 11 is 0. The highest BCUT2D eigenvalue weighted by Crippen LogP contribution is 2.34. The lowest BCUT2D eigenvalue weighted by Crippen LogP contribution is -2.48. The minimum Gasteiger partial charge on any atom is -0.379 e. The molecule has 2 N–H and O–H groups in total. The Labute approximate surface area is 133 Å². The molecule has 4 unspecified atom stereocenters. The van der Waals surface area contributed by atoms with Crippen molar-refractivity contribution in [3.05, 3.63) is 0 Å². The van der Waals surface area contributed by atoms with Crippen LogP contribution in [0.3, 0.4) is 0 Å². The van der Waals surface area contributed by atoms with E-state index in [9.17, 15) is 0 Å². The van der Waals surface area contributed by atoms with Gasteiger partial charge in [-0.25, -0.2) is 0 Å². The van der Waals surface area contributed by atoms with E-state index in [0.29, 0.717) is 24.3 Å². The zero-order chi connectivity index (χ0) is 15.4. The van der Waals surface area contributed by atoms with E-state index in [-0.39, 0.29) is 0 Å². The molecular formula is C16H30N4O2. The summed E-state index contributed by atoms with van der Waals surface area (Å²) in [4.78, 5) is 7.20. The standard InChI is InChI=1S/C16H30N4O2/c1-3-17-16(19-14-10-13-4-5-15(14)22-13)18-6-7-20-8-9-21-11-12(20)2/h12-15H,3-11H2,1-2H3,(H2,17,18,19). The molecule has 3 aliphatic heterocycles. The van der Waals surface area contributed by atoms with Crippen LogP contribution in [0.4, 0.5) is 0 Å². The molecule has 3 saturated heterocycles. The summed E-state index contributed by atoms with van der Waals surface area (Å²) in [5, 5.41) is 6.93. The van der Waals surface area contributed by atoms with Gasteiger partial charge in [-0.1, -0.05) is 0 Å². The van der Waals surface area contributed by atoms with Crippen molar-refractivity contribution in [3.8, 4) is 0 Å². The van der Waals surface area contributed by atoms with Crippen LogP contribution in [0.1, 0.15) is 33.1 Å². The highest BCUT2D eigenvalue weighted by molar-refractivity contribution is 5.80. The van der Waals surface area contributed by atoms with Crippen LogP contribution in [0.5, 0.6) is 0 Å². The monoisotopic (exact) mass is 310 g/mol. The highest BCUT2D eigenvalue weighted by Gasteiger charge is 2.41. The fourth-order valence-corrected chi connectivity index (χ4v) is 3.67. The highest BCUT2D eigenvalue weighted by atomic mass is 16.5. The summed E-state index contributed by atoms with van der Waals surface area (Å²) in [5.74, 6) is 0.935. The lowest BCUT2D eigenvalue weighted by Gasteiger charge is -2.32. The summed E-state index contributed by atoms with van der Waals surface area (Å²) < 4.78 is 11.4. The quantitative estimate of drug-likeness (QED) is 0.575. The largest absolute Gasteiger partial charge is 0.379 e. The van der Waals surface area contributed by atoms with Crippen LogP contribution < -0.4 is 10.6 Å². The van der Waals surface area contributed by atoms with Gasteiger partial charge in [-0.15, -0.1) is 0 Å². The number of guanidine groups is 1. The Balaban J connectivity index is 1.47. The number of fused-ring (bicyclic) bond motifs is 2. The van der Waals surface area contributed by atoms with Gasteiger partial charge in [0.2, 0.25) is 0 Å². The SMILES string of the molecule is CCNC(=NCCN1CCOCC1C)NC1CC2CCC1O2. The number of aliphatic imine (C=N–C) groups is 1. The van der Waals surface area contributed by atoms with E-state index in [0.717, 1.165) is 51.8 Å². The third-order valence-electron chi connectivity index (χ3n) is 4.93. The van der Waals surface area contributed by atoms with Crippen molar-refractivity contribution < 1.29 is 9.47 Å². The van der Waals surface area contributed by atoms with Gasteiger partial charge >= 0.3 is 0 Å². The van der Waals surface area contributed by atoms with E-state index in [4.69, 9.17) is 14.5 Å². The molecule has 0 radical (unpaired) electrons. The molecule has 126 valence electrons. The predicted molar refractivity (Wildman–Crippen MR) is 87.3 cm³/mol. The van der Waals surface area contributed by atoms with E-state index < -0.39 is 0 Å². The molecule has 2 bridgehead atoms. The molecular weight excluding hydrogens is 280 g/mol. The summed E-state index contributed by atoms with van der Waals surface area (Å²) in [6.07, 6.45) is 4.39. The van der Waals surface area contributed by atoms with Gasteiger partial charge in [-0.05, 0) is 33.1 Å². The van der Waals surface area contributed by atoms with Crippen molar-refractivity contribution in [2.45, 2.75) is 57.4 Å². The number of nitrogens with zero attached hydrogens (tertiary/aromatic N) is 2. The fourth-order valence-electron chi connectivity index (χ4n) is 3.67. The molecule has 6 nitrogen and oxygen atoms in total. The van der Waals surface area contributed by atoms with Crippen molar-refractivity contribution in [1.82, 2.24) is 15.5 Å². The molecule has 3 rings (SSSR count). The molecule has 22 heavy (non-hydrogen) atoms. The second-order valence-electron chi connectivity index (χ2n) is 6.58. The third-order valence-corrected chi connectivity index (χ3v) is 4.93. The predicted octanol–water partition coefficient (Wildman–Crippen LogP) is 0.582. The van der Waals surface area contributed by atoms with Crippen molar-refractivity contribution >= 4 is 5.96 Å². The van der Waals surface area contributed by atoms with Crippen LogP contribution in [-0.4, -0.2) is 74.5 Å². The van der Waals surface area contributed by atoms with Gasteiger partial charge in [0.1, 0.15) is 0 Å².